The number of aromatic hydroxyl groups is 1. The Morgan fingerprint density at radius 2 is 1.89 bits per heavy atom. The quantitative estimate of drug-likeness (QED) is 0.903. The van der Waals surface area contributed by atoms with Crippen molar-refractivity contribution >= 4 is 0 Å². The van der Waals surface area contributed by atoms with Crippen LogP contribution in [-0.4, -0.2) is 48.1 Å². The number of rotatable bonds is 4. The average molecular weight is 262 g/mol. The Morgan fingerprint density at radius 1 is 1.26 bits per heavy atom. The van der Waals surface area contributed by atoms with Crippen molar-refractivity contribution in [1.82, 2.24) is 9.80 Å². The average Bonchev–Trinajstić information content (AvgIpc) is 2.72. The van der Waals surface area contributed by atoms with E-state index in [1.165, 1.54) is 24.9 Å². The molecule has 106 valence electrons. The lowest BCUT2D eigenvalue weighted by atomic mass is 10.0. The van der Waals surface area contributed by atoms with Crippen LogP contribution < -0.4 is 0 Å². The zero-order valence-electron chi connectivity index (χ0n) is 12.6. The van der Waals surface area contributed by atoms with Gasteiger partial charge in [0, 0.05) is 19.1 Å². The number of likely N-dealkylation sites (tertiary alicyclic amines) is 1. The second-order valence-corrected chi connectivity index (χ2v) is 6.11. The molecule has 3 heteroatoms. The van der Waals surface area contributed by atoms with Gasteiger partial charge in [-0.1, -0.05) is 12.1 Å². The molecule has 0 spiro atoms. The molecule has 1 aliphatic rings. The number of phenols is 1. The molecule has 0 aromatic heterocycles. The summed E-state index contributed by atoms with van der Waals surface area (Å²) in [6.45, 7) is 7.29. The van der Waals surface area contributed by atoms with Crippen LogP contribution in [0.5, 0.6) is 5.75 Å². The van der Waals surface area contributed by atoms with Crippen LogP contribution in [0.15, 0.2) is 12.1 Å². The molecule has 1 aliphatic heterocycles. The van der Waals surface area contributed by atoms with Gasteiger partial charge in [-0.15, -0.1) is 0 Å². The first-order valence-electron chi connectivity index (χ1n) is 7.15. The van der Waals surface area contributed by atoms with Crippen LogP contribution in [0.4, 0.5) is 0 Å². The number of phenolic OH excluding ortho intramolecular Hbond substituents is 1. The highest BCUT2D eigenvalue weighted by atomic mass is 16.3. The number of benzene rings is 1. The van der Waals surface area contributed by atoms with Gasteiger partial charge in [0.05, 0.1) is 0 Å². The highest BCUT2D eigenvalue weighted by Crippen LogP contribution is 2.26. The Bertz CT molecular complexity index is 419. The zero-order valence-corrected chi connectivity index (χ0v) is 12.6. The molecule has 0 aliphatic carbocycles. The Morgan fingerprint density at radius 3 is 2.47 bits per heavy atom. The summed E-state index contributed by atoms with van der Waals surface area (Å²) in [6.07, 6.45) is 2.60. The summed E-state index contributed by atoms with van der Waals surface area (Å²) in [4.78, 5) is 4.85. The highest BCUT2D eigenvalue weighted by Gasteiger charge is 2.24. The van der Waals surface area contributed by atoms with Gasteiger partial charge in [-0.05, 0) is 64.0 Å². The van der Waals surface area contributed by atoms with E-state index in [1.54, 1.807) is 0 Å². The molecule has 0 amide bonds. The van der Waals surface area contributed by atoms with Crippen molar-refractivity contribution in [3.05, 3.63) is 28.8 Å². The van der Waals surface area contributed by atoms with Gasteiger partial charge < -0.3 is 10.0 Å². The predicted octanol–water partition coefficient (Wildman–Crippen LogP) is 2.54. The SMILES string of the molecule is Cc1cc(CN2CCCC2CN(C)C)cc(C)c1O. The lowest BCUT2D eigenvalue weighted by molar-refractivity contribution is 0.201. The summed E-state index contributed by atoms with van der Waals surface area (Å²) in [5.74, 6) is 0.440. The van der Waals surface area contributed by atoms with Gasteiger partial charge in [0.1, 0.15) is 5.75 Å². The second kappa shape index (κ2) is 5.93. The van der Waals surface area contributed by atoms with Gasteiger partial charge in [-0.25, -0.2) is 0 Å². The first-order valence-corrected chi connectivity index (χ1v) is 7.15. The van der Waals surface area contributed by atoms with E-state index in [4.69, 9.17) is 0 Å². The Balaban J connectivity index is 2.08. The molecule has 2 rings (SSSR count). The molecule has 1 atom stereocenters. The number of aryl methyl sites for hydroxylation is 2. The van der Waals surface area contributed by atoms with Crippen LogP contribution in [0, 0.1) is 13.8 Å². The molecule has 0 bridgehead atoms. The molecular formula is C16H26N2O. The summed E-state index contributed by atoms with van der Waals surface area (Å²) in [6, 6.07) is 4.91. The molecule has 1 fully saturated rings. The summed E-state index contributed by atoms with van der Waals surface area (Å²) in [5, 5.41) is 9.84. The molecular weight excluding hydrogens is 236 g/mol. The Labute approximate surface area is 116 Å². The normalized spacial score (nSPS) is 20.4. The fourth-order valence-electron chi connectivity index (χ4n) is 3.10. The fraction of sp³-hybridized carbons (Fsp3) is 0.625. The summed E-state index contributed by atoms with van der Waals surface area (Å²) < 4.78 is 0. The van der Waals surface area contributed by atoms with Crippen molar-refractivity contribution in [3.8, 4) is 5.75 Å². The maximum Gasteiger partial charge on any atom is 0.121 e. The minimum atomic E-state index is 0.440. The molecule has 0 saturated carbocycles. The summed E-state index contributed by atoms with van der Waals surface area (Å²) >= 11 is 0. The first kappa shape index (κ1) is 14.4. The van der Waals surface area contributed by atoms with Crippen molar-refractivity contribution in [2.45, 2.75) is 39.3 Å². The van der Waals surface area contributed by atoms with E-state index in [2.05, 4.69) is 36.0 Å². The predicted molar refractivity (Wildman–Crippen MR) is 79.6 cm³/mol. The molecule has 0 radical (unpaired) electrons. The molecule has 1 unspecified atom stereocenters. The largest absolute Gasteiger partial charge is 0.507 e. The monoisotopic (exact) mass is 262 g/mol. The Kier molecular flexibility index (Phi) is 4.48. The molecule has 1 aromatic carbocycles. The lowest BCUT2D eigenvalue weighted by Crippen LogP contribution is -2.37. The molecule has 1 N–H and O–H groups in total. The number of nitrogens with zero attached hydrogens (tertiary/aromatic N) is 2. The van der Waals surface area contributed by atoms with Gasteiger partial charge in [0.2, 0.25) is 0 Å². The third-order valence-corrected chi connectivity index (χ3v) is 4.01. The van der Waals surface area contributed by atoms with E-state index < -0.39 is 0 Å². The maximum absolute atomic E-state index is 9.84. The van der Waals surface area contributed by atoms with E-state index >= 15 is 0 Å². The Hall–Kier alpha value is -1.06. The molecule has 1 heterocycles. The van der Waals surface area contributed by atoms with Gasteiger partial charge in [0.25, 0.3) is 0 Å². The van der Waals surface area contributed by atoms with Crippen molar-refractivity contribution in [1.29, 1.82) is 0 Å². The van der Waals surface area contributed by atoms with Crippen LogP contribution in [0.25, 0.3) is 0 Å². The molecule has 1 aromatic rings. The van der Waals surface area contributed by atoms with Gasteiger partial charge >= 0.3 is 0 Å². The smallest absolute Gasteiger partial charge is 0.121 e. The minimum absolute atomic E-state index is 0.440. The van der Waals surface area contributed by atoms with Crippen molar-refractivity contribution in [2.24, 2.45) is 0 Å². The van der Waals surface area contributed by atoms with E-state index in [0.717, 1.165) is 24.2 Å². The lowest BCUT2D eigenvalue weighted by Gasteiger charge is -2.27. The van der Waals surface area contributed by atoms with Crippen molar-refractivity contribution < 1.29 is 5.11 Å². The van der Waals surface area contributed by atoms with E-state index in [0.29, 0.717) is 11.8 Å². The van der Waals surface area contributed by atoms with Crippen LogP contribution in [0.1, 0.15) is 29.5 Å². The van der Waals surface area contributed by atoms with Crippen LogP contribution in [0.2, 0.25) is 0 Å². The number of likely N-dealkylation sites (N-methyl/N-ethyl adjacent to an activating group) is 1. The second-order valence-electron chi connectivity index (χ2n) is 6.11. The summed E-state index contributed by atoms with van der Waals surface area (Å²) in [5.41, 5.74) is 3.29. The third-order valence-electron chi connectivity index (χ3n) is 4.01. The van der Waals surface area contributed by atoms with Gasteiger partial charge in [-0.2, -0.15) is 0 Å². The van der Waals surface area contributed by atoms with E-state index in [-0.39, 0.29) is 0 Å². The van der Waals surface area contributed by atoms with Crippen LogP contribution in [0.3, 0.4) is 0 Å². The standard InChI is InChI=1S/C16H26N2O/c1-12-8-14(9-13(2)16(12)19)10-18-7-5-6-15(18)11-17(3)4/h8-9,15,19H,5-7,10-11H2,1-4H3. The highest BCUT2D eigenvalue weighted by molar-refractivity contribution is 5.42. The maximum atomic E-state index is 9.84. The van der Waals surface area contributed by atoms with Crippen LogP contribution in [-0.2, 0) is 6.54 Å². The molecule has 19 heavy (non-hydrogen) atoms. The van der Waals surface area contributed by atoms with Gasteiger partial charge in [0.15, 0.2) is 0 Å². The zero-order chi connectivity index (χ0) is 14.0. The summed E-state index contributed by atoms with van der Waals surface area (Å²) in [7, 11) is 4.29. The number of hydrogen-bond donors (Lipinski definition) is 1. The van der Waals surface area contributed by atoms with E-state index in [9.17, 15) is 5.11 Å². The van der Waals surface area contributed by atoms with E-state index in [1.807, 2.05) is 13.8 Å². The third kappa shape index (κ3) is 3.48. The minimum Gasteiger partial charge on any atom is -0.507 e. The van der Waals surface area contributed by atoms with Crippen LogP contribution >= 0.6 is 0 Å². The topological polar surface area (TPSA) is 26.7 Å². The van der Waals surface area contributed by atoms with Crippen molar-refractivity contribution in [3.63, 3.8) is 0 Å². The van der Waals surface area contributed by atoms with Gasteiger partial charge in [-0.3, -0.25) is 4.90 Å². The van der Waals surface area contributed by atoms with Crippen molar-refractivity contribution in [2.75, 3.05) is 27.2 Å². The number of hydrogen-bond acceptors (Lipinski definition) is 3. The molecule has 3 nitrogen and oxygen atoms in total. The fourth-order valence-corrected chi connectivity index (χ4v) is 3.10. The molecule has 1 saturated heterocycles. The first-order chi connectivity index (χ1) is 8.97.